The average Bonchev–Trinajstić information content (AvgIpc) is 3.24. The molecule has 0 aliphatic carbocycles. The standard InChI is InChI=1S/C20H20N6O2/c27-19-16-12-23-25-17(16)15-11-22-20(21-10-14-8-4-5-9-28-14)24-18(15)26(19)13-6-2-1-3-7-13/h1-3,6-7,11-12,14H,4-5,8-10H2,(H,23,25)(H,21,22,24). The first kappa shape index (κ1) is 16.9. The zero-order valence-corrected chi connectivity index (χ0v) is 15.3. The summed E-state index contributed by atoms with van der Waals surface area (Å²) in [6.07, 6.45) is 6.77. The van der Waals surface area contributed by atoms with Crippen LogP contribution in [0.2, 0.25) is 0 Å². The summed E-state index contributed by atoms with van der Waals surface area (Å²) in [4.78, 5) is 22.2. The molecule has 1 aromatic carbocycles. The van der Waals surface area contributed by atoms with Gasteiger partial charge in [0.2, 0.25) is 5.95 Å². The predicted molar refractivity (Wildman–Crippen MR) is 107 cm³/mol. The molecule has 1 aliphatic heterocycles. The van der Waals surface area contributed by atoms with Gasteiger partial charge >= 0.3 is 0 Å². The average molecular weight is 376 g/mol. The van der Waals surface area contributed by atoms with Gasteiger partial charge in [-0.25, -0.2) is 4.98 Å². The topological polar surface area (TPSA) is 97.7 Å². The molecular formula is C20H20N6O2. The van der Waals surface area contributed by atoms with E-state index in [0.717, 1.165) is 30.5 Å². The molecule has 2 N–H and O–H groups in total. The van der Waals surface area contributed by atoms with Crippen molar-refractivity contribution in [2.24, 2.45) is 0 Å². The van der Waals surface area contributed by atoms with Gasteiger partial charge in [-0.3, -0.25) is 14.5 Å². The molecule has 0 spiro atoms. The number of para-hydroxylation sites is 1. The maximum absolute atomic E-state index is 13.1. The van der Waals surface area contributed by atoms with Crippen molar-refractivity contribution in [3.63, 3.8) is 0 Å². The molecule has 0 radical (unpaired) electrons. The van der Waals surface area contributed by atoms with Crippen LogP contribution in [-0.2, 0) is 4.74 Å². The minimum absolute atomic E-state index is 0.164. The van der Waals surface area contributed by atoms with Gasteiger partial charge in [0.1, 0.15) is 0 Å². The van der Waals surface area contributed by atoms with Crippen LogP contribution in [0.1, 0.15) is 19.3 Å². The Morgan fingerprint density at radius 2 is 2.07 bits per heavy atom. The molecule has 28 heavy (non-hydrogen) atoms. The lowest BCUT2D eigenvalue weighted by molar-refractivity contribution is 0.0247. The minimum atomic E-state index is -0.164. The van der Waals surface area contributed by atoms with Crippen LogP contribution in [0.4, 0.5) is 5.95 Å². The van der Waals surface area contributed by atoms with Gasteiger partial charge in [0.25, 0.3) is 5.56 Å². The van der Waals surface area contributed by atoms with E-state index in [0.29, 0.717) is 29.0 Å². The third kappa shape index (κ3) is 2.91. The predicted octanol–water partition coefficient (Wildman–Crippen LogP) is 2.64. The number of anilines is 1. The van der Waals surface area contributed by atoms with Gasteiger partial charge in [0.05, 0.1) is 34.3 Å². The van der Waals surface area contributed by atoms with Crippen molar-refractivity contribution >= 4 is 27.9 Å². The molecule has 1 fully saturated rings. The Morgan fingerprint density at radius 1 is 1.18 bits per heavy atom. The molecule has 1 saturated heterocycles. The fourth-order valence-corrected chi connectivity index (χ4v) is 3.67. The van der Waals surface area contributed by atoms with Crippen molar-refractivity contribution in [1.29, 1.82) is 0 Å². The van der Waals surface area contributed by atoms with E-state index >= 15 is 0 Å². The number of benzene rings is 1. The Hall–Kier alpha value is -3.26. The van der Waals surface area contributed by atoms with Crippen LogP contribution in [0.25, 0.3) is 27.6 Å². The van der Waals surface area contributed by atoms with Crippen LogP contribution < -0.4 is 10.9 Å². The third-order valence-electron chi connectivity index (χ3n) is 5.10. The highest BCUT2D eigenvalue weighted by molar-refractivity contribution is 6.02. The summed E-state index contributed by atoms with van der Waals surface area (Å²) in [6.45, 7) is 1.45. The van der Waals surface area contributed by atoms with E-state index in [1.165, 1.54) is 6.42 Å². The van der Waals surface area contributed by atoms with Crippen LogP contribution in [0.3, 0.4) is 0 Å². The number of hydrogen-bond acceptors (Lipinski definition) is 6. The van der Waals surface area contributed by atoms with E-state index in [-0.39, 0.29) is 11.7 Å². The number of nitrogens with zero attached hydrogens (tertiary/aromatic N) is 4. The van der Waals surface area contributed by atoms with Gasteiger partial charge in [-0.05, 0) is 31.4 Å². The molecule has 142 valence electrons. The summed E-state index contributed by atoms with van der Waals surface area (Å²) in [5.41, 5.74) is 1.77. The molecule has 8 heteroatoms. The second kappa shape index (κ2) is 7.05. The third-order valence-corrected chi connectivity index (χ3v) is 5.10. The van der Waals surface area contributed by atoms with Crippen LogP contribution >= 0.6 is 0 Å². The smallest absolute Gasteiger partial charge is 0.267 e. The number of nitrogens with one attached hydrogen (secondary N) is 2. The van der Waals surface area contributed by atoms with Crippen LogP contribution in [0.15, 0.2) is 47.5 Å². The number of hydrogen-bond donors (Lipinski definition) is 2. The number of aromatic nitrogens is 5. The molecule has 8 nitrogen and oxygen atoms in total. The Balaban J connectivity index is 1.62. The molecule has 4 aromatic rings. The quantitative estimate of drug-likeness (QED) is 0.568. The van der Waals surface area contributed by atoms with Gasteiger partial charge in [0.15, 0.2) is 5.65 Å². The van der Waals surface area contributed by atoms with Gasteiger partial charge in [-0.1, -0.05) is 18.2 Å². The van der Waals surface area contributed by atoms with E-state index < -0.39 is 0 Å². The maximum atomic E-state index is 13.1. The number of fused-ring (bicyclic) bond motifs is 3. The number of H-pyrrole nitrogens is 1. The molecule has 3 aromatic heterocycles. The van der Waals surface area contributed by atoms with Crippen LogP contribution in [-0.4, -0.2) is 44.0 Å². The highest BCUT2D eigenvalue weighted by Gasteiger charge is 2.17. The molecule has 0 bridgehead atoms. The zero-order valence-electron chi connectivity index (χ0n) is 15.3. The Bertz CT molecular complexity index is 1180. The van der Waals surface area contributed by atoms with E-state index in [9.17, 15) is 4.79 Å². The van der Waals surface area contributed by atoms with Crippen molar-refractivity contribution in [3.05, 3.63) is 53.1 Å². The first-order valence-corrected chi connectivity index (χ1v) is 9.47. The van der Waals surface area contributed by atoms with E-state index in [1.807, 2.05) is 30.3 Å². The zero-order chi connectivity index (χ0) is 18.9. The van der Waals surface area contributed by atoms with Crippen LogP contribution in [0.5, 0.6) is 0 Å². The first-order valence-electron chi connectivity index (χ1n) is 9.47. The van der Waals surface area contributed by atoms with E-state index in [1.54, 1.807) is 17.0 Å². The SMILES string of the molecule is O=c1c2cn[nH]c2c2cnc(NCC3CCCCO3)nc2n1-c1ccccc1. The fraction of sp³-hybridized carbons (Fsp3) is 0.300. The largest absolute Gasteiger partial charge is 0.376 e. The minimum Gasteiger partial charge on any atom is -0.376 e. The summed E-state index contributed by atoms with van der Waals surface area (Å²) in [5.74, 6) is 0.476. The lowest BCUT2D eigenvalue weighted by Crippen LogP contribution is -2.27. The lowest BCUT2D eigenvalue weighted by atomic mass is 10.1. The molecular weight excluding hydrogens is 356 g/mol. The van der Waals surface area contributed by atoms with Gasteiger partial charge in [0, 0.05) is 19.3 Å². The Morgan fingerprint density at radius 3 is 2.89 bits per heavy atom. The van der Waals surface area contributed by atoms with E-state index in [4.69, 9.17) is 4.74 Å². The molecule has 0 saturated carbocycles. The molecule has 0 amide bonds. The second-order valence-corrected chi connectivity index (χ2v) is 6.94. The first-order chi connectivity index (χ1) is 13.8. The number of ether oxygens (including phenoxy) is 1. The Labute approximate surface area is 160 Å². The van der Waals surface area contributed by atoms with Crippen molar-refractivity contribution in [3.8, 4) is 5.69 Å². The molecule has 5 rings (SSSR count). The highest BCUT2D eigenvalue weighted by atomic mass is 16.5. The maximum Gasteiger partial charge on any atom is 0.267 e. The van der Waals surface area contributed by atoms with Crippen molar-refractivity contribution < 1.29 is 4.74 Å². The summed E-state index contributed by atoms with van der Waals surface area (Å²) >= 11 is 0. The molecule has 1 aliphatic rings. The highest BCUT2D eigenvalue weighted by Crippen LogP contribution is 2.22. The molecule has 1 unspecified atom stereocenters. The molecule has 4 heterocycles. The summed E-state index contributed by atoms with van der Waals surface area (Å²) < 4.78 is 7.37. The fourth-order valence-electron chi connectivity index (χ4n) is 3.67. The Kier molecular flexibility index (Phi) is 4.25. The van der Waals surface area contributed by atoms with Gasteiger partial charge in [-0.2, -0.15) is 10.1 Å². The van der Waals surface area contributed by atoms with Crippen LogP contribution in [0, 0.1) is 0 Å². The van der Waals surface area contributed by atoms with Crippen molar-refractivity contribution in [2.45, 2.75) is 25.4 Å². The second-order valence-electron chi connectivity index (χ2n) is 6.94. The van der Waals surface area contributed by atoms with Crippen molar-refractivity contribution in [2.75, 3.05) is 18.5 Å². The van der Waals surface area contributed by atoms with E-state index in [2.05, 4.69) is 25.5 Å². The normalized spacial score (nSPS) is 17.2. The number of aromatic amines is 1. The summed E-state index contributed by atoms with van der Waals surface area (Å²) in [6, 6.07) is 9.48. The van der Waals surface area contributed by atoms with Gasteiger partial charge < -0.3 is 10.1 Å². The summed E-state index contributed by atoms with van der Waals surface area (Å²) in [7, 11) is 0. The number of pyridine rings is 1. The van der Waals surface area contributed by atoms with Gasteiger partial charge in [-0.15, -0.1) is 0 Å². The molecule has 1 atom stereocenters. The summed E-state index contributed by atoms with van der Waals surface area (Å²) in [5, 5.41) is 11.5. The lowest BCUT2D eigenvalue weighted by Gasteiger charge is -2.22. The van der Waals surface area contributed by atoms with Crippen molar-refractivity contribution in [1.82, 2.24) is 24.7 Å². The number of rotatable bonds is 4. The monoisotopic (exact) mass is 376 g/mol.